The van der Waals surface area contributed by atoms with Crippen molar-refractivity contribution in [1.82, 2.24) is 10.2 Å². The topological polar surface area (TPSA) is 78.5 Å². The molecule has 1 saturated heterocycles. The van der Waals surface area contributed by atoms with Gasteiger partial charge in [0.2, 0.25) is 5.91 Å². The minimum absolute atomic E-state index is 0.0169. The van der Waals surface area contributed by atoms with Crippen LogP contribution >= 0.6 is 0 Å². The Bertz CT molecular complexity index is 933. The summed E-state index contributed by atoms with van der Waals surface area (Å²) in [7, 11) is 0. The summed E-state index contributed by atoms with van der Waals surface area (Å²) in [5, 5.41) is 5.69. The van der Waals surface area contributed by atoms with Gasteiger partial charge in [-0.3, -0.25) is 14.4 Å². The highest BCUT2D eigenvalue weighted by Crippen LogP contribution is 2.17. The number of carbonyl (C=O) groups excluding carboxylic acids is 3. The molecule has 6 nitrogen and oxygen atoms in total. The van der Waals surface area contributed by atoms with Crippen LogP contribution in [0, 0.1) is 12.8 Å². The van der Waals surface area contributed by atoms with E-state index in [9.17, 15) is 14.4 Å². The van der Waals surface area contributed by atoms with Crippen molar-refractivity contribution in [3.63, 3.8) is 0 Å². The molecule has 1 atom stereocenters. The largest absolute Gasteiger partial charge is 0.340 e. The van der Waals surface area contributed by atoms with E-state index in [1.54, 1.807) is 36.4 Å². The van der Waals surface area contributed by atoms with Gasteiger partial charge in [0.1, 0.15) is 6.04 Å². The zero-order valence-electron chi connectivity index (χ0n) is 17.8. The minimum Gasteiger partial charge on any atom is -0.340 e. The molecule has 0 spiro atoms. The Morgan fingerprint density at radius 3 is 2.27 bits per heavy atom. The highest BCUT2D eigenvalue weighted by atomic mass is 16.2. The maximum Gasteiger partial charge on any atom is 0.253 e. The second-order valence-electron chi connectivity index (χ2n) is 8.13. The van der Waals surface area contributed by atoms with E-state index < -0.39 is 6.04 Å². The van der Waals surface area contributed by atoms with E-state index in [0.29, 0.717) is 16.8 Å². The van der Waals surface area contributed by atoms with Crippen molar-refractivity contribution in [2.24, 2.45) is 5.92 Å². The Kier molecular flexibility index (Phi) is 6.87. The van der Waals surface area contributed by atoms with Gasteiger partial charge in [-0.2, -0.15) is 0 Å². The lowest BCUT2D eigenvalue weighted by Crippen LogP contribution is -2.47. The van der Waals surface area contributed by atoms with Crippen molar-refractivity contribution < 1.29 is 14.4 Å². The number of nitrogens with zero attached hydrogens (tertiary/aromatic N) is 1. The quantitative estimate of drug-likeness (QED) is 0.768. The third-order valence-electron chi connectivity index (χ3n) is 5.29. The summed E-state index contributed by atoms with van der Waals surface area (Å²) in [4.78, 5) is 40.0. The number of anilines is 1. The van der Waals surface area contributed by atoms with E-state index >= 15 is 0 Å². The lowest BCUT2D eigenvalue weighted by molar-refractivity contribution is -0.118. The van der Waals surface area contributed by atoms with Crippen molar-refractivity contribution >= 4 is 23.4 Å². The van der Waals surface area contributed by atoms with Gasteiger partial charge in [0.15, 0.2) is 0 Å². The monoisotopic (exact) mass is 407 g/mol. The molecule has 2 aromatic rings. The molecular formula is C24H29N3O3. The van der Waals surface area contributed by atoms with Gasteiger partial charge in [-0.15, -0.1) is 0 Å². The van der Waals surface area contributed by atoms with E-state index in [1.807, 2.05) is 37.8 Å². The summed E-state index contributed by atoms with van der Waals surface area (Å²) in [5.41, 5.74) is 2.60. The molecule has 6 heteroatoms. The third kappa shape index (κ3) is 5.26. The van der Waals surface area contributed by atoms with Crippen LogP contribution in [0.5, 0.6) is 0 Å². The van der Waals surface area contributed by atoms with Crippen molar-refractivity contribution in [2.75, 3.05) is 18.4 Å². The fraction of sp³-hybridized carbons (Fsp3) is 0.375. The molecule has 0 aromatic heterocycles. The Morgan fingerprint density at radius 2 is 1.60 bits per heavy atom. The number of aryl methyl sites for hydroxylation is 1. The predicted octanol–water partition coefficient (Wildman–Crippen LogP) is 3.62. The van der Waals surface area contributed by atoms with Gasteiger partial charge in [-0.05, 0) is 56.0 Å². The lowest BCUT2D eigenvalue weighted by atomic mass is 10.0. The fourth-order valence-corrected chi connectivity index (χ4v) is 3.60. The predicted molar refractivity (Wildman–Crippen MR) is 117 cm³/mol. The summed E-state index contributed by atoms with van der Waals surface area (Å²) in [5.74, 6) is -0.716. The van der Waals surface area contributed by atoms with Gasteiger partial charge in [-0.25, -0.2) is 0 Å². The first-order valence-electron chi connectivity index (χ1n) is 10.4. The molecule has 2 aromatic carbocycles. The molecule has 1 aliphatic heterocycles. The van der Waals surface area contributed by atoms with Gasteiger partial charge in [0.05, 0.1) is 0 Å². The molecule has 0 aliphatic carbocycles. The molecule has 0 radical (unpaired) electrons. The molecule has 3 rings (SSSR count). The first kappa shape index (κ1) is 21.6. The highest BCUT2D eigenvalue weighted by molar-refractivity contribution is 6.02. The van der Waals surface area contributed by atoms with Crippen LogP contribution in [0.15, 0.2) is 48.5 Å². The van der Waals surface area contributed by atoms with Crippen LogP contribution < -0.4 is 10.6 Å². The van der Waals surface area contributed by atoms with Crippen LogP contribution in [0.25, 0.3) is 0 Å². The average molecular weight is 408 g/mol. The van der Waals surface area contributed by atoms with Gasteiger partial charge in [0.25, 0.3) is 11.8 Å². The molecule has 0 bridgehead atoms. The molecule has 3 amide bonds. The Hall–Kier alpha value is -3.15. The van der Waals surface area contributed by atoms with Crippen molar-refractivity contribution in [2.45, 2.75) is 39.7 Å². The Morgan fingerprint density at radius 1 is 0.933 bits per heavy atom. The lowest BCUT2D eigenvalue weighted by Gasteiger charge is -2.22. The maximum atomic E-state index is 12.9. The SMILES string of the molecule is Cc1cccc(C(=O)NC(C(=O)Nc2cccc(C(=O)N3CCCC3)c2)C(C)C)c1. The molecule has 0 saturated carbocycles. The molecule has 1 fully saturated rings. The minimum atomic E-state index is -0.698. The molecule has 1 unspecified atom stereocenters. The number of hydrogen-bond acceptors (Lipinski definition) is 3. The number of benzene rings is 2. The van der Waals surface area contributed by atoms with E-state index in [4.69, 9.17) is 0 Å². The number of nitrogens with one attached hydrogen (secondary N) is 2. The average Bonchev–Trinajstić information content (AvgIpc) is 3.26. The van der Waals surface area contributed by atoms with Crippen LogP contribution in [-0.4, -0.2) is 41.8 Å². The fourth-order valence-electron chi connectivity index (χ4n) is 3.60. The Labute approximate surface area is 177 Å². The summed E-state index contributed by atoms with van der Waals surface area (Å²) >= 11 is 0. The van der Waals surface area contributed by atoms with Crippen molar-refractivity contribution in [1.29, 1.82) is 0 Å². The van der Waals surface area contributed by atoms with Crippen LogP contribution in [0.1, 0.15) is 53.0 Å². The van der Waals surface area contributed by atoms with Crippen LogP contribution in [-0.2, 0) is 4.79 Å². The summed E-state index contributed by atoms with van der Waals surface area (Å²) < 4.78 is 0. The smallest absolute Gasteiger partial charge is 0.253 e. The maximum absolute atomic E-state index is 12.9. The van der Waals surface area contributed by atoms with Crippen LogP contribution in [0.2, 0.25) is 0 Å². The number of carbonyl (C=O) groups is 3. The zero-order valence-corrected chi connectivity index (χ0v) is 17.8. The van der Waals surface area contributed by atoms with E-state index in [0.717, 1.165) is 31.5 Å². The number of hydrogen-bond donors (Lipinski definition) is 2. The summed E-state index contributed by atoms with van der Waals surface area (Å²) in [6, 6.07) is 13.5. The normalized spacial score (nSPS) is 14.5. The van der Waals surface area contributed by atoms with Gasteiger partial charge in [0, 0.05) is 29.9 Å². The molecular weight excluding hydrogens is 378 g/mol. The van der Waals surface area contributed by atoms with E-state index in [2.05, 4.69) is 10.6 Å². The first-order valence-corrected chi connectivity index (χ1v) is 10.4. The van der Waals surface area contributed by atoms with Gasteiger partial charge >= 0.3 is 0 Å². The standard InChI is InChI=1S/C24H29N3O3/c1-16(2)21(26-22(28)18-9-6-8-17(3)14-18)23(29)25-20-11-7-10-19(15-20)24(30)27-12-4-5-13-27/h6-11,14-16,21H,4-5,12-13H2,1-3H3,(H,25,29)(H,26,28). The number of rotatable bonds is 6. The third-order valence-corrected chi connectivity index (χ3v) is 5.29. The molecule has 158 valence electrons. The second-order valence-corrected chi connectivity index (χ2v) is 8.13. The Balaban J connectivity index is 1.70. The van der Waals surface area contributed by atoms with Crippen LogP contribution in [0.3, 0.4) is 0 Å². The van der Waals surface area contributed by atoms with E-state index in [-0.39, 0.29) is 23.6 Å². The van der Waals surface area contributed by atoms with Crippen LogP contribution in [0.4, 0.5) is 5.69 Å². The van der Waals surface area contributed by atoms with E-state index in [1.165, 1.54) is 0 Å². The van der Waals surface area contributed by atoms with Gasteiger partial charge < -0.3 is 15.5 Å². The molecule has 1 aliphatic rings. The first-order chi connectivity index (χ1) is 14.3. The molecule has 2 N–H and O–H groups in total. The van der Waals surface area contributed by atoms with Crippen molar-refractivity contribution in [3.05, 3.63) is 65.2 Å². The number of amides is 3. The summed E-state index contributed by atoms with van der Waals surface area (Å²) in [6.45, 7) is 7.23. The second kappa shape index (κ2) is 9.57. The van der Waals surface area contributed by atoms with Gasteiger partial charge in [-0.1, -0.05) is 37.6 Å². The zero-order chi connectivity index (χ0) is 21.7. The highest BCUT2D eigenvalue weighted by Gasteiger charge is 2.25. The van der Waals surface area contributed by atoms with Crippen molar-refractivity contribution in [3.8, 4) is 0 Å². The molecule has 1 heterocycles. The number of likely N-dealkylation sites (tertiary alicyclic amines) is 1. The molecule has 30 heavy (non-hydrogen) atoms. The summed E-state index contributed by atoms with van der Waals surface area (Å²) in [6.07, 6.45) is 2.05.